The van der Waals surface area contributed by atoms with Crippen LogP contribution in [0.5, 0.6) is 0 Å². The maximum absolute atomic E-state index is 4.51. The molecule has 2 aromatic heterocycles. The molecule has 6 heteroatoms. The summed E-state index contributed by atoms with van der Waals surface area (Å²) in [7, 11) is 0. The molecule has 92 valence electrons. The van der Waals surface area contributed by atoms with Crippen molar-refractivity contribution in [3.8, 4) is 0 Å². The quantitative estimate of drug-likeness (QED) is 0.820. The standard InChI is InChI=1S/C11H17N5S/c1-7-8(2)17-9(12-7)6-16-10(11(3,4)5)13-14-15-16/h6H2,1-5H3. The first-order valence-corrected chi connectivity index (χ1v) is 6.39. The zero-order valence-corrected chi connectivity index (χ0v) is 11.7. The van der Waals surface area contributed by atoms with Crippen LogP contribution in [-0.4, -0.2) is 25.2 Å². The Hall–Kier alpha value is -1.30. The number of aromatic nitrogens is 5. The second-order valence-corrected chi connectivity index (χ2v) is 6.45. The van der Waals surface area contributed by atoms with Crippen molar-refractivity contribution < 1.29 is 0 Å². The molecule has 0 aliphatic carbocycles. The molecule has 0 aliphatic rings. The Balaban J connectivity index is 2.28. The summed E-state index contributed by atoms with van der Waals surface area (Å²) in [6.07, 6.45) is 0. The van der Waals surface area contributed by atoms with E-state index in [-0.39, 0.29) is 5.41 Å². The summed E-state index contributed by atoms with van der Waals surface area (Å²) in [5.74, 6) is 0.892. The molecule has 0 bridgehead atoms. The van der Waals surface area contributed by atoms with E-state index in [4.69, 9.17) is 0 Å². The molecule has 0 atom stereocenters. The molecule has 2 heterocycles. The Morgan fingerprint density at radius 1 is 1.24 bits per heavy atom. The third-order valence-electron chi connectivity index (χ3n) is 2.56. The van der Waals surface area contributed by atoms with Gasteiger partial charge in [-0.2, -0.15) is 0 Å². The van der Waals surface area contributed by atoms with Crippen molar-refractivity contribution in [2.75, 3.05) is 0 Å². The van der Waals surface area contributed by atoms with E-state index in [1.807, 2.05) is 11.6 Å². The summed E-state index contributed by atoms with van der Waals surface area (Å²) in [5, 5.41) is 12.9. The fraction of sp³-hybridized carbons (Fsp3) is 0.636. The van der Waals surface area contributed by atoms with Crippen LogP contribution in [0.3, 0.4) is 0 Å². The number of hydrogen-bond donors (Lipinski definition) is 0. The van der Waals surface area contributed by atoms with E-state index < -0.39 is 0 Å². The zero-order chi connectivity index (χ0) is 12.6. The molecular formula is C11H17N5S. The van der Waals surface area contributed by atoms with Gasteiger partial charge in [0.2, 0.25) is 0 Å². The lowest BCUT2D eigenvalue weighted by molar-refractivity contribution is 0.489. The van der Waals surface area contributed by atoms with E-state index in [9.17, 15) is 0 Å². The minimum atomic E-state index is -0.0507. The van der Waals surface area contributed by atoms with Crippen molar-refractivity contribution in [2.24, 2.45) is 0 Å². The van der Waals surface area contributed by atoms with Gasteiger partial charge in [-0.1, -0.05) is 20.8 Å². The molecule has 0 aliphatic heterocycles. The lowest BCUT2D eigenvalue weighted by Gasteiger charge is -2.16. The van der Waals surface area contributed by atoms with E-state index in [2.05, 4.69) is 48.2 Å². The van der Waals surface area contributed by atoms with Gasteiger partial charge in [0, 0.05) is 10.3 Å². The van der Waals surface area contributed by atoms with Crippen LogP contribution in [0.1, 0.15) is 42.2 Å². The first-order valence-electron chi connectivity index (χ1n) is 5.57. The van der Waals surface area contributed by atoms with Gasteiger partial charge in [0.25, 0.3) is 0 Å². The Morgan fingerprint density at radius 2 is 1.94 bits per heavy atom. The number of thiazole rings is 1. The lowest BCUT2D eigenvalue weighted by atomic mass is 9.96. The van der Waals surface area contributed by atoms with E-state index in [0.717, 1.165) is 16.5 Å². The van der Waals surface area contributed by atoms with Crippen LogP contribution in [0, 0.1) is 13.8 Å². The molecule has 0 saturated heterocycles. The number of nitrogens with zero attached hydrogens (tertiary/aromatic N) is 5. The van der Waals surface area contributed by atoms with Crippen LogP contribution in [0.4, 0.5) is 0 Å². The average molecular weight is 251 g/mol. The van der Waals surface area contributed by atoms with Crippen LogP contribution in [0.2, 0.25) is 0 Å². The second kappa shape index (κ2) is 4.18. The van der Waals surface area contributed by atoms with Gasteiger partial charge in [0.05, 0.1) is 12.2 Å². The zero-order valence-electron chi connectivity index (χ0n) is 10.9. The molecule has 0 aromatic carbocycles. The van der Waals surface area contributed by atoms with Crippen LogP contribution in [0.25, 0.3) is 0 Å². The maximum atomic E-state index is 4.51. The third kappa shape index (κ3) is 2.52. The SMILES string of the molecule is Cc1nc(Cn2nnnc2C(C)(C)C)sc1C. The highest BCUT2D eigenvalue weighted by atomic mass is 32.1. The van der Waals surface area contributed by atoms with Gasteiger partial charge in [-0.25, -0.2) is 9.67 Å². The molecule has 5 nitrogen and oxygen atoms in total. The fourth-order valence-electron chi connectivity index (χ4n) is 1.58. The molecule has 17 heavy (non-hydrogen) atoms. The van der Waals surface area contributed by atoms with Crippen molar-refractivity contribution in [1.82, 2.24) is 25.2 Å². The predicted molar refractivity (Wildman–Crippen MR) is 67.2 cm³/mol. The summed E-state index contributed by atoms with van der Waals surface area (Å²) in [5.41, 5.74) is 1.04. The Bertz CT molecular complexity index is 501. The van der Waals surface area contributed by atoms with Crippen molar-refractivity contribution in [2.45, 2.75) is 46.6 Å². The molecule has 2 aromatic rings. The lowest BCUT2D eigenvalue weighted by Crippen LogP contribution is -2.20. The van der Waals surface area contributed by atoms with Gasteiger partial charge in [-0.3, -0.25) is 0 Å². The van der Waals surface area contributed by atoms with Gasteiger partial charge >= 0.3 is 0 Å². The summed E-state index contributed by atoms with van der Waals surface area (Å²) in [6.45, 7) is 11.1. The van der Waals surface area contributed by atoms with Crippen LogP contribution in [0.15, 0.2) is 0 Å². The van der Waals surface area contributed by atoms with Crippen LogP contribution >= 0.6 is 11.3 Å². The maximum Gasteiger partial charge on any atom is 0.157 e. The van der Waals surface area contributed by atoms with Crippen LogP contribution < -0.4 is 0 Å². The molecule has 0 N–H and O–H groups in total. The molecule has 2 rings (SSSR count). The average Bonchev–Trinajstić information content (AvgIpc) is 2.74. The number of rotatable bonds is 2. The highest BCUT2D eigenvalue weighted by Crippen LogP contribution is 2.21. The first-order chi connectivity index (χ1) is 7.88. The second-order valence-electron chi connectivity index (χ2n) is 5.16. The Kier molecular flexibility index (Phi) is 2.99. The normalized spacial score (nSPS) is 12.1. The highest BCUT2D eigenvalue weighted by molar-refractivity contribution is 7.11. The topological polar surface area (TPSA) is 56.5 Å². The Labute approximate surface area is 105 Å². The van der Waals surface area contributed by atoms with E-state index >= 15 is 0 Å². The molecule has 0 unspecified atom stereocenters. The molecule has 0 fully saturated rings. The largest absolute Gasteiger partial charge is 0.244 e. The van der Waals surface area contributed by atoms with Crippen molar-refractivity contribution in [1.29, 1.82) is 0 Å². The monoisotopic (exact) mass is 251 g/mol. The van der Waals surface area contributed by atoms with E-state index in [1.54, 1.807) is 11.3 Å². The van der Waals surface area contributed by atoms with Gasteiger partial charge in [-0.15, -0.1) is 16.4 Å². The van der Waals surface area contributed by atoms with Gasteiger partial charge < -0.3 is 0 Å². The van der Waals surface area contributed by atoms with Crippen molar-refractivity contribution in [3.05, 3.63) is 21.4 Å². The molecule has 0 amide bonds. The van der Waals surface area contributed by atoms with Crippen molar-refractivity contribution >= 4 is 11.3 Å². The summed E-state index contributed by atoms with van der Waals surface area (Å²) >= 11 is 1.70. The fourth-order valence-corrected chi connectivity index (χ4v) is 2.50. The molecule has 0 spiro atoms. The predicted octanol–water partition coefficient (Wildman–Crippen LogP) is 2.09. The minimum absolute atomic E-state index is 0.0507. The Morgan fingerprint density at radius 3 is 2.47 bits per heavy atom. The first kappa shape index (κ1) is 12.2. The van der Waals surface area contributed by atoms with Gasteiger partial charge in [-0.05, 0) is 24.3 Å². The third-order valence-corrected chi connectivity index (χ3v) is 3.62. The van der Waals surface area contributed by atoms with E-state index in [1.165, 1.54) is 4.88 Å². The molecular weight excluding hydrogens is 234 g/mol. The minimum Gasteiger partial charge on any atom is -0.244 e. The van der Waals surface area contributed by atoms with Crippen molar-refractivity contribution in [3.63, 3.8) is 0 Å². The summed E-state index contributed by atoms with van der Waals surface area (Å²) in [6, 6.07) is 0. The summed E-state index contributed by atoms with van der Waals surface area (Å²) < 4.78 is 1.83. The number of aryl methyl sites for hydroxylation is 2. The van der Waals surface area contributed by atoms with Gasteiger partial charge in [0.15, 0.2) is 5.82 Å². The molecule has 0 saturated carbocycles. The smallest absolute Gasteiger partial charge is 0.157 e. The number of tetrazole rings is 1. The highest BCUT2D eigenvalue weighted by Gasteiger charge is 2.22. The molecule has 0 radical (unpaired) electrons. The van der Waals surface area contributed by atoms with E-state index in [0.29, 0.717) is 6.54 Å². The van der Waals surface area contributed by atoms with Crippen LogP contribution in [-0.2, 0) is 12.0 Å². The van der Waals surface area contributed by atoms with Gasteiger partial charge in [0.1, 0.15) is 5.01 Å². The summed E-state index contributed by atoms with van der Waals surface area (Å²) in [4.78, 5) is 5.77. The number of hydrogen-bond acceptors (Lipinski definition) is 5.